The molecule has 19 heavy (non-hydrogen) atoms. The van der Waals surface area contributed by atoms with E-state index < -0.39 is 0 Å². The molecule has 0 aliphatic carbocycles. The van der Waals surface area contributed by atoms with Crippen LogP contribution in [0.5, 0.6) is 0 Å². The Morgan fingerprint density at radius 2 is 2.16 bits per heavy atom. The van der Waals surface area contributed by atoms with Crippen LogP contribution in [0.4, 0.5) is 0 Å². The van der Waals surface area contributed by atoms with Crippen LogP contribution in [-0.2, 0) is 11.3 Å². The predicted molar refractivity (Wildman–Crippen MR) is 81.6 cm³/mol. The van der Waals surface area contributed by atoms with Crippen molar-refractivity contribution in [3.8, 4) is 0 Å². The Kier molecular flexibility index (Phi) is 7.39. The van der Waals surface area contributed by atoms with Gasteiger partial charge in [0, 0.05) is 31.2 Å². The first-order chi connectivity index (χ1) is 9.19. The highest BCUT2D eigenvalue weighted by Crippen LogP contribution is 2.18. The van der Waals surface area contributed by atoms with Crippen molar-refractivity contribution in [1.82, 2.24) is 4.90 Å². The van der Waals surface area contributed by atoms with Gasteiger partial charge in [-0.15, -0.1) is 0 Å². The second-order valence-electron chi connectivity index (χ2n) is 4.55. The monoisotopic (exact) mass is 284 g/mol. The summed E-state index contributed by atoms with van der Waals surface area (Å²) in [5.41, 5.74) is 8.00. The van der Waals surface area contributed by atoms with Gasteiger partial charge in [0.2, 0.25) is 0 Å². The van der Waals surface area contributed by atoms with Gasteiger partial charge in [-0.25, -0.2) is 0 Å². The number of rotatable bonds is 3. The fourth-order valence-corrected chi connectivity index (χ4v) is 2.26. The molecule has 0 amide bonds. The van der Waals surface area contributed by atoms with Crippen molar-refractivity contribution in [2.24, 2.45) is 5.73 Å². The average molecular weight is 285 g/mol. The number of aryl methyl sites for hydroxylation is 1. The van der Waals surface area contributed by atoms with Crippen molar-refractivity contribution in [2.75, 3.05) is 26.2 Å². The normalized spacial score (nSPS) is 19.7. The SMILES string of the molecule is CC.Cc1ccc(CN2CCO[C@@H](CN)C2)cc1Cl. The van der Waals surface area contributed by atoms with E-state index in [0.29, 0.717) is 6.54 Å². The molecular weight excluding hydrogens is 260 g/mol. The first-order valence-corrected chi connectivity index (χ1v) is 7.36. The zero-order valence-electron chi connectivity index (χ0n) is 12.2. The number of hydrogen-bond donors (Lipinski definition) is 1. The van der Waals surface area contributed by atoms with Crippen LogP contribution in [0.2, 0.25) is 5.02 Å². The lowest BCUT2D eigenvalue weighted by Gasteiger charge is -2.32. The van der Waals surface area contributed by atoms with Gasteiger partial charge in [0.25, 0.3) is 0 Å². The lowest BCUT2D eigenvalue weighted by Crippen LogP contribution is -2.45. The molecule has 108 valence electrons. The highest BCUT2D eigenvalue weighted by atomic mass is 35.5. The molecule has 2 N–H and O–H groups in total. The summed E-state index contributed by atoms with van der Waals surface area (Å²) in [7, 11) is 0. The molecule has 4 heteroatoms. The van der Waals surface area contributed by atoms with Gasteiger partial charge < -0.3 is 10.5 Å². The first kappa shape index (κ1) is 16.4. The van der Waals surface area contributed by atoms with Gasteiger partial charge in [-0.05, 0) is 24.1 Å². The summed E-state index contributed by atoms with van der Waals surface area (Å²) < 4.78 is 5.55. The van der Waals surface area contributed by atoms with E-state index in [1.54, 1.807) is 0 Å². The van der Waals surface area contributed by atoms with Crippen LogP contribution in [0, 0.1) is 6.92 Å². The fourth-order valence-electron chi connectivity index (χ4n) is 2.06. The molecule has 2 rings (SSSR count). The van der Waals surface area contributed by atoms with Gasteiger partial charge in [-0.3, -0.25) is 4.90 Å². The second kappa shape index (κ2) is 8.54. The van der Waals surface area contributed by atoms with Crippen LogP contribution < -0.4 is 5.73 Å². The topological polar surface area (TPSA) is 38.5 Å². The van der Waals surface area contributed by atoms with E-state index in [2.05, 4.69) is 17.0 Å². The van der Waals surface area contributed by atoms with Crippen LogP contribution in [0.3, 0.4) is 0 Å². The highest BCUT2D eigenvalue weighted by Gasteiger charge is 2.19. The maximum atomic E-state index is 6.12. The third-order valence-electron chi connectivity index (χ3n) is 3.13. The maximum absolute atomic E-state index is 6.12. The Morgan fingerprint density at radius 1 is 1.42 bits per heavy atom. The van der Waals surface area contributed by atoms with Crippen molar-refractivity contribution >= 4 is 11.6 Å². The van der Waals surface area contributed by atoms with Gasteiger partial charge in [0.15, 0.2) is 0 Å². The third kappa shape index (κ3) is 5.11. The number of nitrogens with two attached hydrogens (primary N) is 1. The minimum atomic E-state index is 0.171. The van der Waals surface area contributed by atoms with Crippen LogP contribution in [0.25, 0.3) is 0 Å². The van der Waals surface area contributed by atoms with Gasteiger partial charge in [0.1, 0.15) is 0 Å². The van der Waals surface area contributed by atoms with E-state index in [9.17, 15) is 0 Å². The Labute approximate surface area is 121 Å². The molecule has 0 aromatic heterocycles. The van der Waals surface area contributed by atoms with Crippen molar-refractivity contribution in [3.63, 3.8) is 0 Å². The van der Waals surface area contributed by atoms with Crippen molar-refractivity contribution in [2.45, 2.75) is 33.4 Å². The average Bonchev–Trinajstić information content (AvgIpc) is 2.45. The zero-order valence-corrected chi connectivity index (χ0v) is 12.9. The third-order valence-corrected chi connectivity index (χ3v) is 3.54. The second-order valence-corrected chi connectivity index (χ2v) is 4.95. The lowest BCUT2D eigenvalue weighted by atomic mass is 10.1. The van der Waals surface area contributed by atoms with E-state index in [4.69, 9.17) is 22.1 Å². The molecule has 1 atom stereocenters. The summed E-state index contributed by atoms with van der Waals surface area (Å²) in [6.45, 7) is 10.2. The number of morpholine rings is 1. The molecule has 1 aromatic carbocycles. The van der Waals surface area contributed by atoms with Crippen LogP contribution in [0.1, 0.15) is 25.0 Å². The minimum Gasteiger partial charge on any atom is -0.374 e. The zero-order chi connectivity index (χ0) is 14.3. The summed E-state index contributed by atoms with van der Waals surface area (Å²) in [5.74, 6) is 0. The fraction of sp³-hybridized carbons (Fsp3) is 0.600. The van der Waals surface area contributed by atoms with Crippen LogP contribution >= 0.6 is 11.6 Å². The van der Waals surface area contributed by atoms with E-state index >= 15 is 0 Å². The summed E-state index contributed by atoms with van der Waals surface area (Å²) in [5, 5.41) is 0.839. The van der Waals surface area contributed by atoms with Crippen molar-refractivity contribution < 1.29 is 4.74 Å². The molecule has 0 saturated carbocycles. The van der Waals surface area contributed by atoms with Gasteiger partial charge in [0.05, 0.1) is 12.7 Å². The molecule has 1 fully saturated rings. The molecule has 0 radical (unpaired) electrons. The number of ether oxygens (including phenoxy) is 1. The molecule has 0 unspecified atom stereocenters. The predicted octanol–water partition coefficient (Wildman–Crippen LogP) is 2.83. The number of benzene rings is 1. The molecule has 3 nitrogen and oxygen atoms in total. The van der Waals surface area contributed by atoms with E-state index in [1.807, 2.05) is 26.8 Å². The molecule has 1 heterocycles. The summed E-state index contributed by atoms with van der Waals surface area (Å²) in [6, 6.07) is 6.25. The molecule has 1 aromatic rings. The quantitative estimate of drug-likeness (QED) is 0.928. The largest absolute Gasteiger partial charge is 0.374 e. The maximum Gasteiger partial charge on any atom is 0.0824 e. The summed E-state index contributed by atoms with van der Waals surface area (Å²) in [4.78, 5) is 2.36. The Hall–Kier alpha value is -0.610. The van der Waals surface area contributed by atoms with E-state index in [0.717, 1.165) is 36.8 Å². The van der Waals surface area contributed by atoms with Crippen molar-refractivity contribution in [1.29, 1.82) is 0 Å². The molecule has 1 aliphatic rings. The number of halogens is 1. The van der Waals surface area contributed by atoms with Gasteiger partial charge >= 0.3 is 0 Å². The molecule has 1 saturated heterocycles. The van der Waals surface area contributed by atoms with Crippen LogP contribution in [-0.4, -0.2) is 37.2 Å². The Bertz CT molecular complexity index is 384. The van der Waals surface area contributed by atoms with Gasteiger partial charge in [-0.1, -0.05) is 37.6 Å². The molecule has 1 aliphatic heterocycles. The number of nitrogens with zero attached hydrogens (tertiary/aromatic N) is 1. The first-order valence-electron chi connectivity index (χ1n) is 6.98. The molecule has 0 spiro atoms. The van der Waals surface area contributed by atoms with Crippen LogP contribution in [0.15, 0.2) is 18.2 Å². The molecular formula is C15H25ClN2O. The Balaban J connectivity index is 0.000000861. The molecule has 0 bridgehead atoms. The smallest absolute Gasteiger partial charge is 0.0824 e. The highest BCUT2D eigenvalue weighted by molar-refractivity contribution is 6.31. The number of hydrogen-bond acceptors (Lipinski definition) is 3. The lowest BCUT2D eigenvalue weighted by molar-refractivity contribution is -0.0260. The van der Waals surface area contributed by atoms with Gasteiger partial charge in [-0.2, -0.15) is 0 Å². The summed E-state index contributed by atoms with van der Waals surface area (Å²) >= 11 is 6.12. The standard InChI is InChI=1S/C13H19ClN2O.C2H6/c1-10-2-3-11(6-13(10)14)8-16-4-5-17-12(7-15)9-16;1-2/h2-3,6,12H,4-5,7-9,15H2,1H3;1-2H3/t12-;/m0./s1. The van der Waals surface area contributed by atoms with E-state index in [-0.39, 0.29) is 6.10 Å². The summed E-state index contributed by atoms with van der Waals surface area (Å²) in [6.07, 6.45) is 0.171. The van der Waals surface area contributed by atoms with Crippen molar-refractivity contribution in [3.05, 3.63) is 34.3 Å². The minimum absolute atomic E-state index is 0.171. The Morgan fingerprint density at radius 3 is 2.79 bits per heavy atom. The van der Waals surface area contributed by atoms with E-state index in [1.165, 1.54) is 5.56 Å².